The Hall–Kier alpha value is -1.40. The lowest BCUT2D eigenvalue weighted by molar-refractivity contribution is 0.534. The average Bonchev–Trinajstić information content (AvgIpc) is 2.65. The second-order valence-corrected chi connectivity index (χ2v) is 5.46. The SMILES string of the molecule is N#CC1=C(N)S[C@@H]2c3ccccc3CC[C@@H]12. The Morgan fingerprint density at radius 3 is 3.00 bits per heavy atom. The molecule has 0 radical (unpaired) electrons. The van der Waals surface area contributed by atoms with Crippen LogP contribution in [0.25, 0.3) is 0 Å². The molecule has 0 saturated carbocycles. The van der Waals surface area contributed by atoms with Gasteiger partial charge in [0.15, 0.2) is 0 Å². The zero-order chi connectivity index (χ0) is 11.1. The molecule has 0 unspecified atom stereocenters. The summed E-state index contributed by atoms with van der Waals surface area (Å²) in [5.74, 6) is 0.338. The molecule has 0 amide bonds. The van der Waals surface area contributed by atoms with E-state index in [1.165, 1.54) is 11.1 Å². The molecule has 2 N–H and O–H groups in total. The monoisotopic (exact) mass is 228 g/mol. The first kappa shape index (κ1) is 9.80. The van der Waals surface area contributed by atoms with Gasteiger partial charge >= 0.3 is 0 Å². The minimum atomic E-state index is 0.338. The van der Waals surface area contributed by atoms with Crippen molar-refractivity contribution in [3.8, 4) is 6.07 Å². The highest BCUT2D eigenvalue weighted by Crippen LogP contribution is 2.54. The van der Waals surface area contributed by atoms with Crippen LogP contribution in [0.4, 0.5) is 0 Å². The van der Waals surface area contributed by atoms with Gasteiger partial charge < -0.3 is 5.73 Å². The first-order chi connectivity index (χ1) is 7.81. The topological polar surface area (TPSA) is 49.8 Å². The fourth-order valence-electron chi connectivity index (χ4n) is 2.68. The lowest BCUT2D eigenvalue weighted by Gasteiger charge is -2.27. The Bertz CT molecular complexity index is 513. The van der Waals surface area contributed by atoms with Crippen molar-refractivity contribution in [3.05, 3.63) is 46.0 Å². The smallest absolute Gasteiger partial charge is 0.0978 e. The third kappa shape index (κ3) is 1.27. The van der Waals surface area contributed by atoms with Gasteiger partial charge in [0, 0.05) is 11.2 Å². The van der Waals surface area contributed by atoms with Crippen molar-refractivity contribution < 1.29 is 0 Å². The first-order valence-electron chi connectivity index (χ1n) is 5.45. The summed E-state index contributed by atoms with van der Waals surface area (Å²) >= 11 is 1.66. The number of thioether (sulfide) groups is 1. The van der Waals surface area contributed by atoms with Crippen molar-refractivity contribution in [1.82, 2.24) is 0 Å². The molecule has 1 heterocycles. The molecule has 0 aromatic heterocycles. The zero-order valence-corrected chi connectivity index (χ0v) is 9.63. The van der Waals surface area contributed by atoms with Crippen LogP contribution >= 0.6 is 11.8 Å². The van der Waals surface area contributed by atoms with Crippen molar-refractivity contribution in [2.24, 2.45) is 11.7 Å². The molecular weight excluding hydrogens is 216 g/mol. The van der Waals surface area contributed by atoms with E-state index in [9.17, 15) is 0 Å². The van der Waals surface area contributed by atoms with Crippen molar-refractivity contribution in [3.63, 3.8) is 0 Å². The molecule has 2 nitrogen and oxygen atoms in total. The second kappa shape index (κ2) is 3.57. The van der Waals surface area contributed by atoms with Crippen LogP contribution in [0.15, 0.2) is 34.9 Å². The number of nitrogens with zero attached hydrogens (tertiary/aromatic N) is 1. The van der Waals surface area contributed by atoms with Gasteiger partial charge in [-0.25, -0.2) is 0 Å². The summed E-state index contributed by atoms with van der Waals surface area (Å²) < 4.78 is 0. The number of nitrogens with two attached hydrogens (primary N) is 1. The van der Waals surface area contributed by atoms with E-state index in [1.54, 1.807) is 11.8 Å². The van der Waals surface area contributed by atoms with Gasteiger partial charge in [0.25, 0.3) is 0 Å². The van der Waals surface area contributed by atoms with Gasteiger partial charge in [-0.05, 0) is 24.0 Å². The van der Waals surface area contributed by atoms with Crippen LogP contribution in [-0.4, -0.2) is 0 Å². The summed E-state index contributed by atoms with van der Waals surface area (Å²) in [4.78, 5) is 0. The zero-order valence-electron chi connectivity index (χ0n) is 8.81. The summed E-state index contributed by atoms with van der Waals surface area (Å²) in [6, 6.07) is 10.8. The minimum absolute atomic E-state index is 0.338. The summed E-state index contributed by atoms with van der Waals surface area (Å²) in [6.07, 6.45) is 2.12. The van der Waals surface area contributed by atoms with E-state index in [1.807, 2.05) is 0 Å². The van der Waals surface area contributed by atoms with E-state index in [4.69, 9.17) is 11.0 Å². The number of nitriles is 1. The van der Waals surface area contributed by atoms with Crippen LogP contribution in [0.2, 0.25) is 0 Å². The van der Waals surface area contributed by atoms with E-state index in [-0.39, 0.29) is 0 Å². The quantitative estimate of drug-likeness (QED) is 0.742. The van der Waals surface area contributed by atoms with Gasteiger partial charge in [-0.2, -0.15) is 5.26 Å². The molecule has 2 atom stereocenters. The van der Waals surface area contributed by atoms with E-state index >= 15 is 0 Å². The number of rotatable bonds is 0. The lowest BCUT2D eigenvalue weighted by atomic mass is 9.80. The number of allylic oxidation sites excluding steroid dienone is 1. The van der Waals surface area contributed by atoms with Crippen LogP contribution in [0.1, 0.15) is 22.8 Å². The Labute approximate surface area is 99.1 Å². The molecule has 3 rings (SSSR count). The molecule has 1 aliphatic heterocycles. The maximum atomic E-state index is 9.12. The highest BCUT2D eigenvalue weighted by molar-refractivity contribution is 8.03. The van der Waals surface area contributed by atoms with E-state index in [0.717, 1.165) is 23.4 Å². The fraction of sp³-hybridized carbons (Fsp3) is 0.308. The molecule has 0 saturated heterocycles. The van der Waals surface area contributed by atoms with Gasteiger partial charge in [-0.3, -0.25) is 0 Å². The molecule has 80 valence electrons. The molecule has 1 aliphatic carbocycles. The Morgan fingerprint density at radius 1 is 1.38 bits per heavy atom. The van der Waals surface area contributed by atoms with Crippen molar-refractivity contribution in [1.29, 1.82) is 5.26 Å². The first-order valence-corrected chi connectivity index (χ1v) is 6.33. The maximum Gasteiger partial charge on any atom is 0.0978 e. The van der Waals surface area contributed by atoms with Gasteiger partial charge in [0.2, 0.25) is 0 Å². The fourth-order valence-corrected chi connectivity index (χ4v) is 4.07. The normalized spacial score (nSPS) is 27.2. The molecule has 0 spiro atoms. The highest BCUT2D eigenvalue weighted by Gasteiger charge is 2.39. The minimum Gasteiger partial charge on any atom is -0.393 e. The van der Waals surface area contributed by atoms with Crippen LogP contribution in [0.5, 0.6) is 0 Å². The molecular formula is C13H12N2S. The standard InChI is InChI=1S/C13H12N2S/c14-7-11-10-6-5-8-3-1-2-4-9(8)12(10)16-13(11)15/h1-4,10,12H,5-6,15H2/t10-,12+/m0/s1. The molecule has 3 heteroatoms. The summed E-state index contributed by atoms with van der Waals surface area (Å²) in [6.45, 7) is 0. The van der Waals surface area contributed by atoms with Crippen LogP contribution < -0.4 is 5.73 Å². The maximum absolute atomic E-state index is 9.12. The number of hydrogen-bond acceptors (Lipinski definition) is 3. The van der Waals surface area contributed by atoms with Crippen molar-refractivity contribution in [2.45, 2.75) is 18.1 Å². The average molecular weight is 228 g/mol. The van der Waals surface area contributed by atoms with Crippen LogP contribution in [-0.2, 0) is 6.42 Å². The summed E-state index contributed by atoms with van der Waals surface area (Å²) in [5.41, 5.74) is 9.53. The van der Waals surface area contributed by atoms with Gasteiger partial charge in [-0.1, -0.05) is 36.0 Å². The predicted octanol–water partition coefficient (Wildman–Crippen LogP) is 2.73. The Balaban J connectivity index is 2.05. The molecule has 0 bridgehead atoms. The summed E-state index contributed by atoms with van der Waals surface area (Å²) in [5, 5.41) is 10.2. The molecule has 1 aromatic carbocycles. The number of hydrogen-bond donors (Lipinski definition) is 1. The van der Waals surface area contributed by atoms with Gasteiger partial charge in [-0.15, -0.1) is 0 Å². The van der Waals surface area contributed by atoms with Gasteiger partial charge in [0.05, 0.1) is 16.7 Å². The largest absolute Gasteiger partial charge is 0.393 e. The van der Waals surface area contributed by atoms with E-state index < -0.39 is 0 Å². The second-order valence-electron chi connectivity index (χ2n) is 4.27. The van der Waals surface area contributed by atoms with E-state index in [2.05, 4.69) is 30.3 Å². The summed E-state index contributed by atoms with van der Waals surface area (Å²) in [7, 11) is 0. The third-order valence-corrected chi connectivity index (χ3v) is 4.77. The molecule has 1 aromatic rings. The van der Waals surface area contributed by atoms with Crippen molar-refractivity contribution in [2.75, 3.05) is 0 Å². The lowest BCUT2D eigenvalue weighted by Crippen LogP contribution is -2.16. The Kier molecular flexibility index (Phi) is 2.19. The van der Waals surface area contributed by atoms with Crippen LogP contribution in [0, 0.1) is 17.2 Å². The third-order valence-electron chi connectivity index (χ3n) is 3.46. The molecule has 0 fully saturated rings. The predicted molar refractivity (Wildman–Crippen MR) is 65.4 cm³/mol. The highest BCUT2D eigenvalue weighted by atomic mass is 32.2. The van der Waals surface area contributed by atoms with Gasteiger partial charge in [0.1, 0.15) is 0 Å². The number of aryl methyl sites for hydroxylation is 1. The van der Waals surface area contributed by atoms with Crippen molar-refractivity contribution >= 4 is 11.8 Å². The molecule has 2 aliphatic rings. The molecule has 16 heavy (non-hydrogen) atoms. The Morgan fingerprint density at radius 2 is 2.19 bits per heavy atom. The van der Waals surface area contributed by atoms with E-state index in [0.29, 0.717) is 11.2 Å². The number of fused-ring (bicyclic) bond motifs is 3. The number of benzene rings is 1. The van der Waals surface area contributed by atoms with Crippen LogP contribution in [0.3, 0.4) is 0 Å².